The first kappa shape index (κ1) is 29.3. The molecule has 0 fully saturated rings. The van der Waals surface area contributed by atoms with E-state index in [9.17, 15) is 0 Å². The molecule has 9 rings (SSSR count). The van der Waals surface area contributed by atoms with Crippen LogP contribution in [0.5, 0.6) is 0 Å². The summed E-state index contributed by atoms with van der Waals surface area (Å²) in [6, 6.07) is 57.6. The van der Waals surface area contributed by atoms with Crippen LogP contribution >= 0.6 is 0 Å². The van der Waals surface area contributed by atoms with Crippen molar-refractivity contribution in [2.75, 3.05) is 0 Å². The highest BCUT2D eigenvalue weighted by Crippen LogP contribution is 2.37. The molecular formula is C45H30N4O. The Bertz CT molecular complexity index is 2760. The maximum atomic E-state index is 8.69. The monoisotopic (exact) mass is 642 g/mol. The van der Waals surface area contributed by atoms with Crippen molar-refractivity contribution in [3.05, 3.63) is 187 Å². The molecule has 2 heterocycles. The standard InChI is InChI=1S/C45H30N4O/c46-44(31-15-6-2-7-16-31)48-45(32-17-8-3-9-18-32)47-29-34-19-12-22-42-43(34)38-28-35(24-26-41(38)50-42)49-39-21-11-10-20-36(39)37-27-33(23-25-40(37)49)30-13-4-1-5-14-30/h1-29,46H. The Hall–Kier alpha value is -6.85. The molecule has 1 N–H and O–H groups in total. The molecule has 9 aromatic rings. The van der Waals surface area contributed by atoms with Gasteiger partial charge in [0.25, 0.3) is 0 Å². The Morgan fingerprint density at radius 1 is 0.540 bits per heavy atom. The lowest BCUT2D eigenvalue weighted by atomic mass is 10.0. The Labute approximate surface area is 288 Å². The molecule has 0 spiro atoms. The van der Waals surface area contributed by atoms with Gasteiger partial charge in [-0.3, -0.25) is 5.41 Å². The Morgan fingerprint density at radius 3 is 2.04 bits per heavy atom. The third kappa shape index (κ3) is 5.18. The SMILES string of the molecule is N=C(N=C(N=Cc1cccc2oc3ccc(-n4c5ccccc5c5cc(-c6ccccc6)ccc54)cc3c12)c1ccccc1)c1ccccc1. The van der Waals surface area contributed by atoms with Crippen molar-refractivity contribution < 1.29 is 4.42 Å². The van der Waals surface area contributed by atoms with Crippen LogP contribution in [-0.4, -0.2) is 22.5 Å². The summed E-state index contributed by atoms with van der Waals surface area (Å²) < 4.78 is 8.72. The van der Waals surface area contributed by atoms with Gasteiger partial charge in [0.05, 0.1) is 11.0 Å². The highest BCUT2D eigenvalue weighted by molar-refractivity contribution is 6.18. The molecule has 0 unspecified atom stereocenters. The minimum Gasteiger partial charge on any atom is -0.456 e. The maximum Gasteiger partial charge on any atom is 0.161 e. The fraction of sp³-hybridized carbons (Fsp3) is 0. The highest BCUT2D eigenvalue weighted by atomic mass is 16.3. The normalized spacial score (nSPS) is 12.1. The second kappa shape index (κ2) is 12.3. The third-order valence-corrected chi connectivity index (χ3v) is 9.17. The molecule has 5 nitrogen and oxygen atoms in total. The number of benzene rings is 7. The summed E-state index contributed by atoms with van der Waals surface area (Å²) in [4.78, 5) is 9.56. The number of aromatic nitrogens is 1. The van der Waals surface area contributed by atoms with Crippen molar-refractivity contribution in [1.82, 2.24) is 4.57 Å². The van der Waals surface area contributed by atoms with Crippen LogP contribution < -0.4 is 0 Å². The van der Waals surface area contributed by atoms with E-state index in [2.05, 4.69) is 101 Å². The van der Waals surface area contributed by atoms with Gasteiger partial charge in [-0.1, -0.05) is 127 Å². The molecule has 0 radical (unpaired) electrons. The molecule has 236 valence electrons. The van der Waals surface area contributed by atoms with Crippen LogP contribution in [0, 0.1) is 5.41 Å². The number of hydrogen-bond donors (Lipinski definition) is 1. The quantitative estimate of drug-likeness (QED) is 0.147. The summed E-state index contributed by atoms with van der Waals surface area (Å²) in [5, 5.41) is 13.1. The van der Waals surface area contributed by atoms with Gasteiger partial charge in [-0.15, -0.1) is 0 Å². The second-order valence-corrected chi connectivity index (χ2v) is 12.2. The smallest absolute Gasteiger partial charge is 0.161 e. The van der Waals surface area contributed by atoms with Gasteiger partial charge in [0.2, 0.25) is 0 Å². The topological polar surface area (TPSA) is 66.6 Å². The lowest BCUT2D eigenvalue weighted by molar-refractivity contribution is 0.669. The summed E-state index contributed by atoms with van der Waals surface area (Å²) in [5.74, 6) is 0.616. The summed E-state index contributed by atoms with van der Waals surface area (Å²) >= 11 is 0. The zero-order valence-corrected chi connectivity index (χ0v) is 27.0. The summed E-state index contributed by atoms with van der Waals surface area (Å²) in [6.07, 6.45) is 1.83. The number of rotatable bonds is 5. The molecule has 7 aromatic carbocycles. The minimum absolute atomic E-state index is 0.153. The van der Waals surface area contributed by atoms with Gasteiger partial charge < -0.3 is 8.98 Å². The largest absolute Gasteiger partial charge is 0.456 e. The summed E-state index contributed by atoms with van der Waals surface area (Å²) in [5.41, 5.74) is 9.78. The van der Waals surface area contributed by atoms with Crippen LogP contribution in [0.3, 0.4) is 0 Å². The first-order valence-electron chi connectivity index (χ1n) is 16.6. The molecule has 0 atom stereocenters. The molecule has 0 saturated carbocycles. The lowest BCUT2D eigenvalue weighted by Crippen LogP contribution is -2.04. The van der Waals surface area contributed by atoms with Crippen LogP contribution in [0.4, 0.5) is 0 Å². The van der Waals surface area contributed by atoms with Gasteiger partial charge in [-0.05, 0) is 53.6 Å². The first-order chi connectivity index (χ1) is 24.7. The van der Waals surface area contributed by atoms with Crippen molar-refractivity contribution in [3.8, 4) is 16.8 Å². The zero-order valence-electron chi connectivity index (χ0n) is 27.0. The number of nitrogens with zero attached hydrogens (tertiary/aromatic N) is 3. The van der Waals surface area contributed by atoms with E-state index in [4.69, 9.17) is 14.8 Å². The first-order valence-corrected chi connectivity index (χ1v) is 16.6. The molecule has 0 aliphatic rings. The Balaban J connectivity index is 1.18. The fourth-order valence-corrected chi connectivity index (χ4v) is 6.80. The molecule has 0 bridgehead atoms. The Morgan fingerprint density at radius 2 is 1.24 bits per heavy atom. The van der Waals surface area contributed by atoms with Gasteiger partial charge in [0.15, 0.2) is 11.7 Å². The number of furan rings is 1. The van der Waals surface area contributed by atoms with Crippen LogP contribution in [-0.2, 0) is 0 Å². The van der Waals surface area contributed by atoms with E-state index in [1.165, 1.54) is 21.9 Å². The van der Waals surface area contributed by atoms with E-state index in [0.717, 1.165) is 55.3 Å². The van der Waals surface area contributed by atoms with Gasteiger partial charge >= 0.3 is 0 Å². The van der Waals surface area contributed by atoms with E-state index in [-0.39, 0.29) is 5.84 Å². The summed E-state index contributed by atoms with van der Waals surface area (Å²) in [6.45, 7) is 0. The lowest BCUT2D eigenvalue weighted by Gasteiger charge is -2.09. The third-order valence-electron chi connectivity index (χ3n) is 9.17. The van der Waals surface area contributed by atoms with Gasteiger partial charge in [-0.25, -0.2) is 9.98 Å². The van der Waals surface area contributed by atoms with E-state index in [1.807, 2.05) is 85.1 Å². The molecule has 0 amide bonds. The van der Waals surface area contributed by atoms with Gasteiger partial charge in [0, 0.05) is 50.1 Å². The van der Waals surface area contributed by atoms with Gasteiger partial charge in [-0.2, -0.15) is 0 Å². The molecular weight excluding hydrogens is 613 g/mol. The number of amidine groups is 2. The molecule has 0 aliphatic heterocycles. The predicted molar refractivity (Wildman–Crippen MR) is 207 cm³/mol. The van der Waals surface area contributed by atoms with Crippen molar-refractivity contribution in [1.29, 1.82) is 5.41 Å². The summed E-state index contributed by atoms with van der Waals surface area (Å²) in [7, 11) is 0. The highest BCUT2D eigenvalue weighted by Gasteiger charge is 2.16. The fourth-order valence-electron chi connectivity index (χ4n) is 6.80. The Kier molecular flexibility index (Phi) is 7.21. The average Bonchev–Trinajstić information content (AvgIpc) is 3.73. The molecule has 5 heteroatoms. The van der Waals surface area contributed by atoms with E-state index < -0.39 is 0 Å². The van der Waals surface area contributed by atoms with Crippen LogP contribution in [0.25, 0.3) is 60.6 Å². The molecule has 0 aliphatic carbocycles. The maximum absolute atomic E-state index is 8.69. The number of aliphatic imine (C=N–C) groups is 2. The van der Waals surface area contributed by atoms with E-state index >= 15 is 0 Å². The zero-order chi connectivity index (χ0) is 33.4. The molecule has 0 saturated heterocycles. The number of hydrogen-bond acceptors (Lipinski definition) is 2. The van der Waals surface area contributed by atoms with Crippen molar-refractivity contribution in [2.45, 2.75) is 0 Å². The predicted octanol–water partition coefficient (Wildman–Crippen LogP) is 11.2. The number of fused-ring (bicyclic) bond motifs is 6. The number of nitrogens with one attached hydrogen (secondary N) is 1. The minimum atomic E-state index is 0.153. The van der Waals surface area contributed by atoms with Crippen molar-refractivity contribution in [2.24, 2.45) is 9.98 Å². The van der Waals surface area contributed by atoms with Crippen LogP contribution in [0.2, 0.25) is 0 Å². The van der Waals surface area contributed by atoms with E-state index in [1.54, 1.807) is 0 Å². The van der Waals surface area contributed by atoms with Gasteiger partial charge in [0.1, 0.15) is 11.2 Å². The number of para-hydroxylation sites is 1. The second-order valence-electron chi connectivity index (χ2n) is 12.2. The molecule has 2 aromatic heterocycles. The van der Waals surface area contributed by atoms with Crippen LogP contribution in [0.15, 0.2) is 184 Å². The average molecular weight is 643 g/mol. The van der Waals surface area contributed by atoms with Crippen molar-refractivity contribution in [3.63, 3.8) is 0 Å². The van der Waals surface area contributed by atoms with Crippen LogP contribution in [0.1, 0.15) is 16.7 Å². The van der Waals surface area contributed by atoms with E-state index in [0.29, 0.717) is 5.84 Å². The molecule has 50 heavy (non-hydrogen) atoms. The van der Waals surface area contributed by atoms with Crippen molar-refractivity contribution >= 4 is 61.6 Å².